The highest BCUT2D eigenvalue weighted by Gasteiger charge is 2.32. The maximum absolute atomic E-state index is 13.0. The minimum absolute atomic E-state index is 0.147. The lowest BCUT2D eigenvalue weighted by Gasteiger charge is -2.38. The number of nitrogen functional groups attached to an aromatic ring is 1. The van der Waals surface area contributed by atoms with Crippen molar-refractivity contribution in [3.63, 3.8) is 0 Å². The fourth-order valence-electron chi connectivity index (χ4n) is 4.32. The molecule has 2 saturated heterocycles. The van der Waals surface area contributed by atoms with Crippen LogP contribution >= 0.6 is 0 Å². The van der Waals surface area contributed by atoms with E-state index in [1.54, 1.807) is 13.0 Å². The molecule has 3 rings (SSSR count). The third-order valence-corrected chi connectivity index (χ3v) is 6.01. The van der Waals surface area contributed by atoms with Gasteiger partial charge < -0.3 is 10.6 Å². The summed E-state index contributed by atoms with van der Waals surface area (Å²) >= 11 is 0. The van der Waals surface area contributed by atoms with Crippen molar-refractivity contribution in [2.75, 3.05) is 63.0 Å². The smallest absolute Gasteiger partial charge is 0.399 e. The lowest BCUT2D eigenvalue weighted by Crippen LogP contribution is -2.47. The Hall–Kier alpha value is -1.80. The molecule has 1 aromatic rings. The number of likely N-dealkylation sites (tertiary alicyclic amines) is 1. The number of rotatable bonds is 6. The second-order valence-electron chi connectivity index (χ2n) is 8.35. The van der Waals surface area contributed by atoms with Crippen LogP contribution in [0.3, 0.4) is 0 Å². The lowest BCUT2D eigenvalue weighted by molar-refractivity contribution is -0.137. The van der Waals surface area contributed by atoms with Crippen molar-refractivity contribution >= 4 is 17.2 Å². The molecule has 0 bridgehead atoms. The van der Waals surface area contributed by atoms with Gasteiger partial charge in [0.25, 0.3) is 0 Å². The van der Waals surface area contributed by atoms with Gasteiger partial charge in [0, 0.05) is 37.6 Å². The van der Waals surface area contributed by atoms with E-state index in [2.05, 4.69) is 9.80 Å². The summed E-state index contributed by atoms with van der Waals surface area (Å²) in [5, 5.41) is 0. The van der Waals surface area contributed by atoms with Crippen LogP contribution in [0.5, 0.6) is 0 Å². The number of piperazine rings is 1. The molecule has 0 aromatic heterocycles. The van der Waals surface area contributed by atoms with E-state index < -0.39 is 11.7 Å². The number of hydrogen-bond acceptors (Lipinski definition) is 5. The van der Waals surface area contributed by atoms with Crippen molar-refractivity contribution in [3.8, 4) is 0 Å². The molecular weight excluding hydrogens is 381 g/mol. The molecular formula is C21H31F3N4O. The van der Waals surface area contributed by atoms with Gasteiger partial charge in [0.15, 0.2) is 0 Å². The summed E-state index contributed by atoms with van der Waals surface area (Å²) in [6, 6.07) is 3.81. The Labute approximate surface area is 170 Å². The van der Waals surface area contributed by atoms with Gasteiger partial charge in [0.2, 0.25) is 0 Å². The molecule has 8 heteroatoms. The fourth-order valence-corrected chi connectivity index (χ4v) is 4.32. The number of ketones is 1. The van der Waals surface area contributed by atoms with Crippen LogP contribution < -0.4 is 10.6 Å². The van der Waals surface area contributed by atoms with Gasteiger partial charge in [-0.15, -0.1) is 0 Å². The number of carbonyl (C=O) groups excluding carboxylic acids is 1. The maximum Gasteiger partial charge on any atom is 0.416 e. The summed E-state index contributed by atoms with van der Waals surface area (Å²) in [5.41, 5.74) is 5.71. The Balaban J connectivity index is 1.43. The predicted octanol–water partition coefficient (Wildman–Crippen LogP) is 3.10. The zero-order valence-corrected chi connectivity index (χ0v) is 17.0. The summed E-state index contributed by atoms with van der Waals surface area (Å²) in [4.78, 5) is 17.8. The SMILES string of the molecule is CC(=O)CN1CCC(CCN2CCN(c3cc(N)cc(C(F)(F)F)c3)CC2)CC1. The lowest BCUT2D eigenvalue weighted by atomic mass is 9.93. The third kappa shape index (κ3) is 6.34. The predicted molar refractivity (Wildman–Crippen MR) is 109 cm³/mol. The number of anilines is 2. The van der Waals surface area contributed by atoms with E-state index in [1.807, 2.05) is 4.90 Å². The average molecular weight is 413 g/mol. The normalized spacial score (nSPS) is 20.2. The van der Waals surface area contributed by atoms with Gasteiger partial charge in [-0.3, -0.25) is 14.6 Å². The molecule has 0 radical (unpaired) electrons. The summed E-state index contributed by atoms with van der Waals surface area (Å²) in [5.74, 6) is 0.920. The number of carbonyl (C=O) groups is 1. The molecule has 2 fully saturated rings. The molecule has 0 aliphatic carbocycles. The molecule has 0 unspecified atom stereocenters. The van der Waals surface area contributed by atoms with Crippen molar-refractivity contribution in [1.29, 1.82) is 0 Å². The molecule has 0 amide bonds. The van der Waals surface area contributed by atoms with Crippen molar-refractivity contribution in [1.82, 2.24) is 9.80 Å². The number of alkyl halides is 3. The van der Waals surface area contributed by atoms with Crippen LogP contribution in [0.4, 0.5) is 24.5 Å². The minimum atomic E-state index is -4.38. The van der Waals surface area contributed by atoms with Crippen LogP contribution in [0, 0.1) is 5.92 Å². The summed E-state index contributed by atoms with van der Waals surface area (Å²) in [7, 11) is 0. The Morgan fingerprint density at radius 1 is 1.03 bits per heavy atom. The van der Waals surface area contributed by atoms with E-state index in [1.165, 1.54) is 6.07 Å². The van der Waals surface area contributed by atoms with Gasteiger partial charge in [0.1, 0.15) is 5.78 Å². The highest BCUT2D eigenvalue weighted by molar-refractivity contribution is 5.77. The van der Waals surface area contributed by atoms with Crippen LogP contribution in [0.25, 0.3) is 0 Å². The van der Waals surface area contributed by atoms with Gasteiger partial charge in [-0.2, -0.15) is 13.2 Å². The Kier molecular flexibility index (Phi) is 7.05. The first kappa shape index (κ1) is 21.9. The molecule has 0 saturated carbocycles. The average Bonchev–Trinajstić information content (AvgIpc) is 2.66. The standard InChI is InChI=1S/C21H31F3N4O/c1-16(29)15-27-6-3-17(4-7-27)2-5-26-8-10-28(11-9-26)20-13-18(21(22,23)24)12-19(25)14-20/h12-14,17H,2-11,15,25H2,1H3. The molecule has 0 atom stereocenters. The van der Waals surface area contributed by atoms with Gasteiger partial charge in [0.05, 0.1) is 12.1 Å². The van der Waals surface area contributed by atoms with Crippen LogP contribution in [0.2, 0.25) is 0 Å². The largest absolute Gasteiger partial charge is 0.416 e. The zero-order chi connectivity index (χ0) is 21.0. The van der Waals surface area contributed by atoms with Gasteiger partial charge in [-0.05, 0) is 69.9 Å². The second-order valence-corrected chi connectivity index (χ2v) is 8.35. The van der Waals surface area contributed by atoms with E-state index in [-0.39, 0.29) is 11.5 Å². The van der Waals surface area contributed by atoms with E-state index in [0.29, 0.717) is 31.2 Å². The first-order valence-corrected chi connectivity index (χ1v) is 10.4. The van der Waals surface area contributed by atoms with Crippen molar-refractivity contribution in [3.05, 3.63) is 23.8 Å². The monoisotopic (exact) mass is 412 g/mol. The molecule has 5 nitrogen and oxygen atoms in total. The minimum Gasteiger partial charge on any atom is -0.399 e. The number of nitrogens with zero attached hydrogens (tertiary/aromatic N) is 3. The highest BCUT2D eigenvalue weighted by atomic mass is 19.4. The molecule has 29 heavy (non-hydrogen) atoms. The number of Topliss-reactive ketones (excluding diaryl/α,β-unsaturated/α-hetero) is 1. The zero-order valence-electron chi connectivity index (χ0n) is 17.0. The number of piperidine rings is 1. The molecule has 2 heterocycles. The van der Waals surface area contributed by atoms with Crippen LogP contribution in [-0.2, 0) is 11.0 Å². The number of hydrogen-bond donors (Lipinski definition) is 1. The quantitative estimate of drug-likeness (QED) is 0.728. The Morgan fingerprint density at radius 3 is 2.28 bits per heavy atom. The van der Waals surface area contributed by atoms with Crippen LogP contribution in [-0.4, -0.2) is 67.9 Å². The molecule has 162 valence electrons. The molecule has 0 spiro atoms. The maximum atomic E-state index is 13.0. The van der Waals surface area contributed by atoms with E-state index in [4.69, 9.17) is 5.73 Å². The molecule has 2 aliphatic heterocycles. The van der Waals surface area contributed by atoms with Crippen molar-refractivity contribution in [2.45, 2.75) is 32.4 Å². The van der Waals surface area contributed by atoms with Crippen molar-refractivity contribution < 1.29 is 18.0 Å². The van der Waals surface area contributed by atoms with E-state index >= 15 is 0 Å². The van der Waals surface area contributed by atoms with Crippen LogP contribution in [0.15, 0.2) is 18.2 Å². The summed E-state index contributed by atoms with van der Waals surface area (Å²) < 4.78 is 39.1. The van der Waals surface area contributed by atoms with Crippen LogP contribution in [0.1, 0.15) is 31.7 Å². The van der Waals surface area contributed by atoms with Gasteiger partial charge in [-0.1, -0.05) is 0 Å². The van der Waals surface area contributed by atoms with Crippen molar-refractivity contribution in [2.24, 2.45) is 5.92 Å². The number of halogens is 3. The van der Waals surface area contributed by atoms with E-state index in [0.717, 1.165) is 58.1 Å². The fraction of sp³-hybridized carbons (Fsp3) is 0.667. The first-order valence-electron chi connectivity index (χ1n) is 10.4. The Morgan fingerprint density at radius 2 is 1.69 bits per heavy atom. The first-order chi connectivity index (χ1) is 13.7. The van der Waals surface area contributed by atoms with Gasteiger partial charge in [-0.25, -0.2) is 0 Å². The van der Waals surface area contributed by atoms with E-state index in [9.17, 15) is 18.0 Å². The molecule has 2 aliphatic rings. The van der Waals surface area contributed by atoms with Gasteiger partial charge >= 0.3 is 6.18 Å². The number of nitrogens with two attached hydrogens (primary N) is 1. The second kappa shape index (κ2) is 9.34. The third-order valence-electron chi connectivity index (χ3n) is 6.01. The highest BCUT2D eigenvalue weighted by Crippen LogP contribution is 2.34. The topological polar surface area (TPSA) is 52.8 Å². The number of benzene rings is 1. The molecule has 1 aromatic carbocycles. The molecule has 2 N–H and O–H groups in total. The Bertz CT molecular complexity index is 694. The summed E-state index contributed by atoms with van der Waals surface area (Å²) in [6.45, 7) is 8.32. The summed E-state index contributed by atoms with van der Waals surface area (Å²) in [6.07, 6.45) is -0.968.